The van der Waals surface area contributed by atoms with Crippen molar-refractivity contribution in [3.63, 3.8) is 0 Å². The fourth-order valence-corrected chi connectivity index (χ4v) is 2.60. The first-order chi connectivity index (χ1) is 8.24. The number of aliphatic hydroxyl groups excluding tert-OH is 2. The smallest absolute Gasteiger partial charge is 0.0897 e. The summed E-state index contributed by atoms with van der Waals surface area (Å²) in [5.74, 6) is 0. The lowest BCUT2D eigenvalue weighted by Crippen LogP contribution is -2.47. The highest BCUT2D eigenvalue weighted by molar-refractivity contribution is 4.85. The van der Waals surface area contributed by atoms with Crippen LogP contribution >= 0.6 is 0 Å². The normalized spacial score (nSPS) is 32.1. The average molecular weight is 243 g/mol. The van der Waals surface area contributed by atoms with Crippen LogP contribution in [0.4, 0.5) is 0 Å². The van der Waals surface area contributed by atoms with Crippen molar-refractivity contribution in [3.05, 3.63) is 0 Å². The van der Waals surface area contributed by atoms with Crippen LogP contribution in [0.1, 0.15) is 44.9 Å². The molecule has 0 aromatic carbocycles. The molecule has 1 atom stereocenters. The van der Waals surface area contributed by atoms with Gasteiger partial charge in [-0.1, -0.05) is 19.3 Å². The van der Waals surface area contributed by atoms with Crippen LogP contribution in [0.5, 0.6) is 0 Å². The van der Waals surface area contributed by atoms with Gasteiger partial charge in [-0.2, -0.15) is 0 Å². The summed E-state index contributed by atoms with van der Waals surface area (Å²) in [4.78, 5) is 0. The fraction of sp³-hybridized carbons (Fsp3) is 1.00. The number of aliphatic hydroxyl groups is 2. The third-order valence-corrected chi connectivity index (χ3v) is 3.83. The highest BCUT2D eigenvalue weighted by Gasteiger charge is 2.27. The summed E-state index contributed by atoms with van der Waals surface area (Å²) in [5.41, 5.74) is 0. The van der Waals surface area contributed by atoms with Crippen molar-refractivity contribution in [1.29, 1.82) is 0 Å². The summed E-state index contributed by atoms with van der Waals surface area (Å²) >= 11 is 0. The summed E-state index contributed by atoms with van der Waals surface area (Å²) in [6.07, 6.45) is 7.59. The van der Waals surface area contributed by atoms with E-state index in [1.54, 1.807) is 0 Å². The molecule has 17 heavy (non-hydrogen) atoms. The van der Waals surface area contributed by atoms with Gasteiger partial charge in [0.1, 0.15) is 0 Å². The standard InChI is InChI=1S/C13H25NO3/c15-11-6-10(7-11)14-8-12(16)9-17-13-4-2-1-3-5-13/h10-16H,1-9H2. The second-order valence-corrected chi connectivity index (χ2v) is 5.48. The van der Waals surface area contributed by atoms with Gasteiger partial charge in [-0.05, 0) is 25.7 Å². The van der Waals surface area contributed by atoms with Crippen molar-refractivity contribution in [2.75, 3.05) is 13.2 Å². The Kier molecular flexibility index (Phi) is 5.22. The minimum Gasteiger partial charge on any atom is -0.393 e. The maximum absolute atomic E-state index is 9.76. The number of ether oxygens (including phenoxy) is 1. The molecule has 0 radical (unpaired) electrons. The molecule has 0 aromatic heterocycles. The second-order valence-electron chi connectivity index (χ2n) is 5.48. The highest BCUT2D eigenvalue weighted by atomic mass is 16.5. The van der Waals surface area contributed by atoms with Crippen molar-refractivity contribution in [1.82, 2.24) is 5.32 Å². The maximum atomic E-state index is 9.76. The molecule has 0 bridgehead atoms. The highest BCUT2D eigenvalue weighted by Crippen LogP contribution is 2.21. The first-order valence-corrected chi connectivity index (χ1v) is 6.95. The number of nitrogens with one attached hydrogen (secondary N) is 1. The number of hydrogen-bond donors (Lipinski definition) is 3. The van der Waals surface area contributed by atoms with Gasteiger partial charge >= 0.3 is 0 Å². The summed E-state index contributed by atoms with van der Waals surface area (Å²) in [7, 11) is 0. The zero-order chi connectivity index (χ0) is 12.1. The predicted octanol–water partition coefficient (Wildman–Crippen LogP) is 0.809. The van der Waals surface area contributed by atoms with E-state index in [-0.39, 0.29) is 6.10 Å². The number of rotatable bonds is 6. The Morgan fingerprint density at radius 2 is 1.88 bits per heavy atom. The third kappa shape index (κ3) is 4.54. The molecule has 4 nitrogen and oxygen atoms in total. The van der Waals surface area contributed by atoms with E-state index in [1.165, 1.54) is 19.3 Å². The lowest BCUT2D eigenvalue weighted by Gasteiger charge is -2.33. The van der Waals surface area contributed by atoms with Crippen molar-refractivity contribution < 1.29 is 14.9 Å². The Morgan fingerprint density at radius 1 is 1.18 bits per heavy atom. The largest absolute Gasteiger partial charge is 0.393 e. The minimum absolute atomic E-state index is 0.136. The van der Waals surface area contributed by atoms with Gasteiger partial charge in [-0.3, -0.25) is 0 Å². The van der Waals surface area contributed by atoms with Gasteiger partial charge in [0, 0.05) is 12.6 Å². The molecule has 2 aliphatic carbocycles. The number of hydrogen-bond acceptors (Lipinski definition) is 4. The topological polar surface area (TPSA) is 61.7 Å². The molecule has 2 saturated carbocycles. The van der Waals surface area contributed by atoms with E-state index in [9.17, 15) is 5.11 Å². The SMILES string of the molecule is OC(CNC1CC(O)C1)COC1CCCCC1. The zero-order valence-electron chi connectivity index (χ0n) is 10.5. The van der Waals surface area contributed by atoms with Gasteiger partial charge in [0.25, 0.3) is 0 Å². The van der Waals surface area contributed by atoms with Gasteiger partial charge in [-0.25, -0.2) is 0 Å². The molecular formula is C13H25NO3. The van der Waals surface area contributed by atoms with Gasteiger partial charge in [-0.15, -0.1) is 0 Å². The summed E-state index contributed by atoms with van der Waals surface area (Å²) in [5, 5.41) is 22.1. The fourth-order valence-electron chi connectivity index (χ4n) is 2.60. The molecular weight excluding hydrogens is 218 g/mol. The van der Waals surface area contributed by atoms with Crippen LogP contribution < -0.4 is 5.32 Å². The van der Waals surface area contributed by atoms with Crippen LogP contribution in [-0.2, 0) is 4.74 Å². The molecule has 2 fully saturated rings. The lowest BCUT2D eigenvalue weighted by molar-refractivity contribution is -0.0264. The molecule has 0 amide bonds. The molecule has 0 spiro atoms. The van der Waals surface area contributed by atoms with Crippen molar-refractivity contribution in [2.24, 2.45) is 0 Å². The first-order valence-electron chi connectivity index (χ1n) is 6.95. The van der Waals surface area contributed by atoms with E-state index in [2.05, 4.69) is 5.32 Å². The second kappa shape index (κ2) is 6.69. The minimum atomic E-state index is -0.422. The Balaban J connectivity index is 1.49. The molecule has 100 valence electrons. The molecule has 0 aromatic rings. The van der Waals surface area contributed by atoms with E-state index in [0.29, 0.717) is 25.3 Å². The van der Waals surface area contributed by atoms with Gasteiger partial charge in [0.05, 0.1) is 24.9 Å². The Bertz CT molecular complexity index is 213. The maximum Gasteiger partial charge on any atom is 0.0897 e. The Hall–Kier alpha value is -0.160. The van der Waals surface area contributed by atoms with Crippen molar-refractivity contribution in [3.8, 4) is 0 Å². The molecule has 0 aliphatic heterocycles. The van der Waals surface area contributed by atoms with Crippen LogP contribution in [0.2, 0.25) is 0 Å². The predicted molar refractivity (Wildman–Crippen MR) is 65.9 cm³/mol. The average Bonchev–Trinajstić information content (AvgIpc) is 2.32. The zero-order valence-corrected chi connectivity index (χ0v) is 10.5. The van der Waals surface area contributed by atoms with Crippen LogP contribution in [0.3, 0.4) is 0 Å². The van der Waals surface area contributed by atoms with E-state index in [0.717, 1.165) is 25.7 Å². The van der Waals surface area contributed by atoms with E-state index in [4.69, 9.17) is 9.84 Å². The van der Waals surface area contributed by atoms with Gasteiger partial charge in [0.15, 0.2) is 0 Å². The van der Waals surface area contributed by atoms with Crippen molar-refractivity contribution in [2.45, 2.75) is 69.3 Å². The molecule has 0 saturated heterocycles. The van der Waals surface area contributed by atoms with E-state index >= 15 is 0 Å². The Labute approximate surface area is 103 Å². The van der Waals surface area contributed by atoms with E-state index in [1.807, 2.05) is 0 Å². The molecule has 3 N–H and O–H groups in total. The van der Waals surface area contributed by atoms with Crippen LogP contribution in [-0.4, -0.2) is 47.7 Å². The monoisotopic (exact) mass is 243 g/mol. The van der Waals surface area contributed by atoms with E-state index < -0.39 is 6.10 Å². The lowest BCUT2D eigenvalue weighted by atomic mass is 9.89. The van der Waals surface area contributed by atoms with Gasteiger partial charge < -0.3 is 20.3 Å². The van der Waals surface area contributed by atoms with Crippen LogP contribution in [0.15, 0.2) is 0 Å². The molecule has 0 heterocycles. The van der Waals surface area contributed by atoms with Gasteiger partial charge in [0.2, 0.25) is 0 Å². The first kappa shape index (κ1) is 13.3. The quantitative estimate of drug-likeness (QED) is 0.646. The van der Waals surface area contributed by atoms with Crippen LogP contribution in [0.25, 0.3) is 0 Å². The van der Waals surface area contributed by atoms with Crippen molar-refractivity contribution >= 4 is 0 Å². The Morgan fingerprint density at radius 3 is 2.53 bits per heavy atom. The molecule has 2 aliphatic rings. The summed E-state index contributed by atoms with van der Waals surface area (Å²) in [6.45, 7) is 1.01. The van der Waals surface area contributed by atoms with Crippen LogP contribution in [0, 0.1) is 0 Å². The summed E-state index contributed by atoms with van der Waals surface area (Å²) < 4.78 is 5.71. The summed E-state index contributed by atoms with van der Waals surface area (Å²) in [6, 6.07) is 0.384. The molecule has 2 rings (SSSR count). The molecule has 4 heteroatoms. The third-order valence-electron chi connectivity index (χ3n) is 3.83. The molecule has 1 unspecified atom stereocenters.